The number of aromatic nitrogens is 2. The van der Waals surface area contributed by atoms with Gasteiger partial charge in [0.15, 0.2) is 0 Å². The first-order chi connectivity index (χ1) is 18.2. The SMILES string of the molecule is C[C@@H]1C[C@H](N)CN(c2ccncc2CCc2ccc(F)c(-c3c(F)cc(C4(O)CCOCC4)cc3F)n2)C1. The van der Waals surface area contributed by atoms with Gasteiger partial charge in [0.1, 0.15) is 23.1 Å². The lowest BCUT2D eigenvalue weighted by Gasteiger charge is -2.37. The van der Waals surface area contributed by atoms with Gasteiger partial charge in [-0.15, -0.1) is 0 Å². The third-order valence-corrected chi connectivity index (χ3v) is 7.60. The molecular formula is C29H33F3N4O2. The second kappa shape index (κ2) is 11.0. The van der Waals surface area contributed by atoms with Crippen molar-refractivity contribution in [2.45, 2.75) is 50.7 Å². The molecule has 0 saturated carbocycles. The van der Waals surface area contributed by atoms with E-state index in [1.54, 1.807) is 6.20 Å². The van der Waals surface area contributed by atoms with E-state index < -0.39 is 28.6 Å². The summed E-state index contributed by atoms with van der Waals surface area (Å²) in [5.74, 6) is -2.27. The summed E-state index contributed by atoms with van der Waals surface area (Å²) >= 11 is 0. The molecule has 6 nitrogen and oxygen atoms in total. The van der Waals surface area contributed by atoms with Crippen LogP contribution in [0, 0.1) is 23.4 Å². The molecule has 0 amide bonds. The van der Waals surface area contributed by atoms with Crippen LogP contribution in [-0.2, 0) is 23.2 Å². The highest BCUT2D eigenvalue weighted by molar-refractivity contribution is 5.63. The topological polar surface area (TPSA) is 84.5 Å². The van der Waals surface area contributed by atoms with Crippen LogP contribution in [-0.4, -0.2) is 47.4 Å². The lowest BCUT2D eigenvalue weighted by Crippen LogP contribution is -2.46. The Labute approximate surface area is 220 Å². The van der Waals surface area contributed by atoms with E-state index in [-0.39, 0.29) is 30.1 Å². The fraction of sp³-hybridized carbons (Fsp3) is 0.448. The first-order valence-electron chi connectivity index (χ1n) is 13.1. The summed E-state index contributed by atoms with van der Waals surface area (Å²) in [5, 5.41) is 10.9. The number of ether oxygens (including phenoxy) is 1. The number of anilines is 1. The monoisotopic (exact) mass is 526 g/mol. The van der Waals surface area contributed by atoms with E-state index in [0.29, 0.717) is 37.7 Å². The maximum Gasteiger partial charge on any atom is 0.149 e. The summed E-state index contributed by atoms with van der Waals surface area (Å²) in [5.41, 5.74) is 6.63. The second-order valence-electron chi connectivity index (χ2n) is 10.6. The summed E-state index contributed by atoms with van der Waals surface area (Å²) in [6.45, 7) is 4.44. The Hall–Kier alpha value is -3.01. The third-order valence-electron chi connectivity index (χ3n) is 7.60. The van der Waals surface area contributed by atoms with Crippen LogP contribution in [0.3, 0.4) is 0 Å². The highest BCUT2D eigenvalue weighted by Gasteiger charge is 2.34. The molecule has 0 aliphatic carbocycles. The zero-order valence-electron chi connectivity index (χ0n) is 21.5. The van der Waals surface area contributed by atoms with Crippen molar-refractivity contribution in [1.82, 2.24) is 9.97 Å². The number of piperidine rings is 1. The minimum absolute atomic E-state index is 0.101. The van der Waals surface area contributed by atoms with E-state index in [9.17, 15) is 9.50 Å². The summed E-state index contributed by atoms with van der Waals surface area (Å²) in [6.07, 6.45) is 6.01. The van der Waals surface area contributed by atoms with Crippen molar-refractivity contribution in [3.05, 3.63) is 77.0 Å². The zero-order valence-corrected chi connectivity index (χ0v) is 21.5. The van der Waals surface area contributed by atoms with Crippen LogP contribution in [0.1, 0.15) is 43.0 Å². The maximum absolute atomic E-state index is 15.2. The molecule has 1 aromatic carbocycles. The Kier molecular flexibility index (Phi) is 7.70. The summed E-state index contributed by atoms with van der Waals surface area (Å²) in [6, 6.07) is 6.94. The first-order valence-corrected chi connectivity index (χ1v) is 13.1. The molecule has 5 rings (SSSR count). The fourth-order valence-electron chi connectivity index (χ4n) is 5.64. The minimum atomic E-state index is -1.39. The lowest BCUT2D eigenvalue weighted by molar-refractivity contribution is -0.0682. The molecule has 2 fully saturated rings. The average Bonchev–Trinajstić information content (AvgIpc) is 2.88. The highest BCUT2D eigenvalue weighted by atomic mass is 19.1. The molecule has 9 heteroatoms. The largest absolute Gasteiger partial charge is 0.385 e. The van der Waals surface area contributed by atoms with Gasteiger partial charge in [0.05, 0.1) is 11.2 Å². The summed E-state index contributed by atoms with van der Waals surface area (Å²) in [7, 11) is 0. The van der Waals surface area contributed by atoms with Gasteiger partial charge in [0.2, 0.25) is 0 Å². The Balaban J connectivity index is 1.39. The number of nitrogens with zero attached hydrogens (tertiary/aromatic N) is 3. The number of nitrogens with two attached hydrogens (primary N) is 1. The van der Waals surface area contributed by atoms with Crippen LogP contribution in [0.4, 0.5) is 18.9 Å². The van der Waals surface area contributed by atoms with E-state index in [0.717, 1.165) is 42.9 Å². The van der Waals surface area contributed by atoms with E-state index in [1.165, 1.54) is 12.1 Å². The zero-order chi connectivity index (χ0) is 26.9. The molecule has 2 aliphatic rings. The van der Waals surface area contributed by atoms with Gasteiger partial charge in [0.25, 0.3) is 0 Å². The van der Waals surface area contributed by atoms with Gasteiger partial charge in [0, 0.05) is 69.0 Å². The summed E-state index contributed by atoms with van der Waals surface area (Å²) in [4.78, 5) is 10.9. The molecule has 0 unspecified atom stereocenters. The lowest BCUT2D eigenvalue weighted by atomic mass is 9.85. The Morgan fingerprint density at radius 1 is 1.05 bits per heavy atom. The predicted octanol–water partition coefficient (Wildman–Crippen LogP) is 4.52. The fourth-order valence-corrected chi connectivity index (χ4v) is 5.64. The molecule has 2 aromatic heterocycles. The number of rotatable bonds is 6. The number of aryl methyl sites for hydroxylation is 2. The van der Waals surface area contributed by atoms with E-state index in [2.05, 4.69) is 21.8 Å². The molecule has 202 valence electrons. The average molecular weight is 527 g/mol. The molecule has 4 heterocycles. The van der Waals surface area contributed by atoms with Gasteiger partial charge < -0.3 is 20.5 Å². The molecule has 3 aromatic rings. The van der Waals surface area contributed by atoms with Crippen LogP contribution in [0.25, 0.3) is 11.3 Å². The Morgan fingerprint density at radius 2 is 1.79 bits per heavy atom. The molecule has 3 N–H and O–H groups in total. The summed E-state index contributed by atoms with van der Waals surface area (Å²) < 4.78 is 50.4. The second-order valence-corrected chi connectivity index (χ2v) is 10.6. The van der Waals surface area contributed by atoms with E-state index in [4.69, 9.17) is 10.5 Å². The predicted molar refractivity (Wildman–Crippen MR) is 139 cm³/mol. The number of halogens is 3. The Morgan fingerprint density at radius 3 is 2.50 bits per heavy atom. The first kappa shape index (κ1) is 26.6. The number of hydrogen-bond donors (Lipinski definition) is 2. The molecule has 2 atom stereocenters. The number of aliphatic hydroxyl groups is 1. The van der Waals surface area contributed by atoms with Gasteiger partial charge in [-0.1, -0.05) is 6.92 Å². The van der Waals surface area contributed by atoms with Crippen LogP contribution < -0.4 is 10.6 Å². The van der Waals surface area contributed by atoms with E-state index in [1.807, 2.05) is 12.3 Å². The van der Waals surface area contributed by atoms with Gasteiger partial charge in [-0.05, 0) is 66.6 Å². The van der Waals surface area contributed by atoms with Gasteiger partial charge in [-0.2, -0.15) is 0 Å². The van der Waals surface area contributed by atoms with Crippen LogP contribution in [0.2, 0.25) is 0 Å². The standard InChI is InChI=1S/C29H33F3N4O2/c1-18-12-21(33)17-36(16-18)26-6-9-34-15-19(26)2-3-22-4-5-23(30)28(35-22)27-24(31)13-20(14-25(27)32)29(37)7-10-38-11-8-29/h4-6,9,13-15,18,21,37H,2-3,7-8,10-12,16-17,33H2,1H3/t18-,21+/m1/s1. The normalized spacial score (nSPS) is 21.5. The van der Waals surface area contributed by atoms with Crippen molar-refractivity contribution in [2.24, 2.45) is 11.7 Å². The van der Waals surface area contributed by atoms with Crippen molar-refractivity contribution in [1.29, 1.82) is 0 Å². The quantitative estimate of drug-likeness (QED) is 0.492. The highest BCUT2D eigenvalue weighted by Crippen LogP contribution is 2.36. The third kappa shape index (κ3) is 5.55. The smallest absolute Gasteiger partial charge is 0.149 e. The van der Waals surface area contributed by atoms with E-state index >= 15 is 8.78 Å². The molecule has 2 aliphatic heterocycles. The number of hydrogen-bond acceptors (Lipinski definition) is 6. The van der Waals surface area contributed by atoms with Gasteiger partial charge in [-0.25, -0.2) is 18.2 Å². The molecule has 0 radical (unpaired) electrons. The molecular weight excluding hydrogens is 493 g/mol. The van der Waals surface area contributed by atoms with Crippen molar-refractivity contribution >= 4 is 5.69 Å². The van der Waals surface area contributed by atoms with Crippen LogP contribution >= 0.6 is 0 Å². The molecule has 0 bridgehead atoms. The maximum atomic E-state index is 15.2. The van der Waals surface area contributed by atoms with Crippen molar-refractivity contribution in [3.8, 4) is 11.3 Å². The van der Waals surface area contributed by atoms with Crippen molar-refractivity contribution in [3.63, 3.8) is 0 Å². The minimum Gasteiger partial charge on any atom is -0.385 e. The molecule has 2 saturated heterocycles. The van der Waals surface area contributed by atoms with Crippen LogP contribution in [0.15, 0.2) is 42.7 Å². The Bertz CT molecular complexity index is 1270. The number of benzene rings is 1. The number of pyridine rings is 2. The van der Waals surface area contributed by atoms with Crippen molar-refractivity contribution < 1.29 is 23.0 Å². The molecule has 0 spiro atoms. The van der Waals surface area contributed by atoms with Gasteiger partial charge >= 0.3 is 0 Å². The van der Waals surface area contributed by atoms with Gasteiger partial charge in [-0.3, -0.25) is 4.98 Å². The molecule has 38 heavy (non-hydrogen) atoms. The van der Waals surface area contributed by atoms with Crippen LogP contribution in [0.5, 0.6) is 0 Å². The van der Waals surface area contributed by atoms with Crippen molar-refractivity contribution in [2.75, 3.05) is 31.2 Å².